The molecule has 2 aliphatic rings. The van der Waals surface area contributed by atoms with E-state index in [1.165, 1.54) is 25.0 Å². The number of rotatable bonds is 3. The van der Waals surface area contributed by atoms with Crippen LogP contribution >= 0.6 is 35.6 Å². The zero-order valence-corrected chi connectivity index (χ0v) is 18.5. The lowest BCUT2D eigenvalue weighted by Gasteiger charge is -2.38. The fourth-order valence-electron chi connectivity index (χ4n) is 3.58. The van der Waals surface area contributed by atoms with Gasteiger partial charge in [0, 0.05) is 29.4 Å². The predicted molar refractivity (Wildman–Crippen MR) is 118 cm³/mol. The summed E-state index contributed by atoms with van der Waals surface area (Å²) in [6.45, 7) is 6.79. The molecule has 1 aromatic rings. The van der Waals surface area contributed by atoms with E-state index in [1.54, 1.807) is 24.3 Å². The summed E-state index contributed by atoms with van der Waals surface area (Å²) in [4.78, 5) is 14.7. The summed E-state index contributed by atoms with van der Waals surface area (Å²) in [6, 6.07) is 6.83. The first-order valence-corrected chi connectivity index (χ1v) is 9.39. The van der Waals surface area contributed by atoms with E-state index in [0.29, 0.717) is 10.6 Å². The highest BCUT2D eigenvalue weighted by molar-refractivity contribution is 14.0. The van der Waals surface area contributed by atoms with Crippen LogP contribution in [0.4, 0.5) is 0 Å². The van der Waals surface area contributed by atoms with Crippen LogP contribution in [0, 0.1) is 5.41 Å². The minimum atomic E-state index is -0.208. The molecule has 6 heteroatoms. The van der Waals surface area contributed by atoms with Crippen molar-refractivity contribution in [1.29, 1.82) is 0 Å². The number of amides is 1. The molecule has 0 spiro atoms. The Kier molecular flexibility index (Phi) is 7.52. The van der Waals surface area contributed by atoms with Gasteiger partial charge in [0.2, 0.25) is 0 Å². The van der Waals surface area contributed by atoms with E-state index < -0.39 is 0 Å². The number of likely N-dealkylation sites (tertiary alicyclic amines) is 1. The maximum atomic E-state index is 12.3. The monoisotopic (exact) mass is 487 g/mol. The number of allylic oxidation sites excluding steroid dienone is 2. The number of piperidine rings is 1. The van der Waals surface area contributed by atoms with Crippen LogP contribution in [0.2, 0.25) is 5.02 Å². The van der Waals surface area contributed by atoms with Crippen LogP contribution in [0.3, 0.4) is 0 Å². The average molecular weight is 488 g/mol. The lowest BCUT2D eigenvalue weighted by Crippen LogP contribution is -2.35. The first kappa shape index (κ1) is 21.2. The first-order valence-electron chi connectivity index (χ1n) is 9.01. The van der Waals surface area contributed by atoms with Crippen LogP contribution in [0.15, 0.2) is 41.1 Å². The molecule has 26 heavy (non-hydrogen) atoms. The van der Waals surface area contributed by atoms with Crippen LogP contribution in [0.25, 0.3) is 0 Å². The summed E-state index contributed by atoms with van der Waals surface area (Å²) in [5.74, 6) is -0.208. The normalized spacial score (nSPS) is 21.0. The van der Waals surface area contributed by atoms with E-state index in [0.717, 1.165) is 31.6 Å². The average Bonchev–Trinajstić information content (AvgIpc) is 2.60. The number of carbonyl (C=O) groups excluding carboxylic acids is 1. The van der Waals surface area contributed by atoms with Crippen LogP contribution in [0.5, 0.6) is 0 Å². The predicted octanol–water partition coefficient (Wildman–Crippen LogP) is 5.23. The highest BCUT2D eigenvalue weighted by atomic mass is 127. The molecule has 0 saturated carbocycles. The lowest BCUT2D eigenvalue weighted by atomic mass is 9.78. The van der Waals surface area contributed by atoms with Crippen molar-refractivity contribution in [1.82, 2.24) is 10.3 Å². The molecule has 1 aliphatic heterocycles. The number of nitrogens with one attached hydrogen (secondary N) is 1. The molecule has 4 nitrogen and oxygen atoms in total. The van der Waals surface area contributed by atoms with Crippen molar-refractivity contribution in [3.63, 3.8) is 0 Å². The Morgan fingerprint density at radius 3 is 2.42 bits per heavy atom. The Hall–Kier alpha value is -1.08. The summed E-state index contributed by atoms with van der Waals surface area (Å²) >= 11 is 5.86. The zero-order chi connectivity index (χ0) is 17.9. The molecule has 1 aliphatic carbocycles. The van der Waals surface area contributed by atoms with Crippen molar-refractivity contribution in [2.75, 3.05) is 13.1 Å². The number of hydrogen-bond acceptors (Lipinski definition) is 3. The van der Waals surface area contributed by atoms with Gasteiger partial charge in [-0.2, -0.15) is 5.10 Å². The maximum Gasteiger partial charge on any atom is 0.271 e. The van der Waals surface area contributed by atoms with E-state index in [4.69, 9.17) is 11.6 Å². The summed E-state index contributed by atoms with van der Waals surface area (Å²) in [6.07, 6.45) is 7.95. The number of carbonyl (C=O) groups is 1. The third kappa shape index (κ3) is 5.71. The molecular weight excluding hydrogens is 461 g/mol. The highest BCUT2D eigenvalue weighted by Gasteiger charge is 2.29. The van der Waals surface area contributed by atoms with Gasteiger partial charge < -0.3 is 4.90 Å². The summed E-state index contributed by atoms with van der Waals surface area (Å²) < 4.78 is 0. The van der Waals surface area contributed by atoms with Crippen molar-refractivity contribution in [3.05, 3.63) is 46.6 Å². The fourth-order valence-corrected chi connectivity index (χ4v) is 3.71. The second-order valence-corrected chi connectivity index (χ2v) is 8.19. The molecule has 0 bridgehead atoms. The molecule has 0 unspecified atom stereocenters. The van der Waals surface area contributed by atoms with Crippen molar-refractivity contribution in [2.24, 2.45) is 10.5 Å². The molecule has 0 atom stereocenters. The van der Waals surface area contributed by atoms with E-state index in [-0.39, 0.29) is 35.3 Å². The van der Waals surface area contributed by atoms with Crippen LogP contribution in [0.1, 0.15) is 56.3 Å². The van der Waals surface area contributed by atoms with Gasteiger partial charge in [-0.05, 0) is 67.9 Å². The number of benzene rings is 1. The van der Waals surface area contributed by atoms with Gasteiger partial charge in [-0.1, -0.05) is 25.4 Å². The van der Waals surface area contributed by atoms with Gasteiger partial charge >= 0.3 is 0 Å². The van der Waals surface area contributed by atoms with Crippen LogP contribution < -0.4 is 5.43 Å². The standard InChI is InChI=1S/C20H26ClN3O.HI/c1-20(2)13-17(12-18(14-20)24-10-4-3-5-11-24)22-23-19(25)15-6-8-16(21)9-7-15;/h6-9,12H,3-5,10-11,13-14H2,1-2H3,(H,23,25);1H/b22-17-;. The molecule has 1 fully saturated rings. The van der Waals surface area contributed by atoms with Crippen LogP contribution in [-0.4, -0.2) is 29.6 Å². The molecule has 0 aromatic heterocycles. The Labute approximate surface area is 178 Å². The molecule has 142 valence electrons. The Morgan fingerprint density at radius 1 is 1.12 bits per heavy atom. The SMILES string of the molecule is CC1(C)CC(N2CCCCC2)=C/C(=N/NC(=O)c2ccc(Cl)cc2)C1.I. The summed E-state index contributed by atoms with van der Waals surface area (Å²) in [5, 5.41) is 5.02. The molecule has 1 amide bonds. The molecule has 1 heterocycles. The molecule has 3 rings (SSSR count). The third-order valence-corrected chi connectivity index (χ3v) is 5.07. The van der Waals surface area contributed by atoms with Gasteiger partial charge in [-0.15, -0.1) is 24.0 Å². The largest absolute Gasteiger partial charge is 0.375 e. The summed E-state index contributed by atoms with van der Waals surface area (Å²) in [5.41, 5.74) is 5.71. The minimum Gasteiger partial charge on any atom is -0.375 e. The Morgan fingerprint density at radius 2 is 1.77 bits per heavy atom. The third-order valence-electron chi connectivity index (χ3n) is 4.82. The number of nitrogens with zero attached hydrogens (tertiary/aromatic N) is 2. The number of hydrazone groups is 1. The molecule has 1 N–H and O–H groups in total. The van der Waals surface area contributed by atoms with Gasteiger partial charge in [0.05, 0.1) is 5.71 Å². The topological polar surface area (TPSA) is 44.7 Å². The van der Waals surface area contributed by atoms with E-state index in [1.807, 2.05) is 0 Å². The molecular formula is C20H27ClIN3O. The van der Waals surface area contributed by atoms with E-state index in [9.17, 15) is 4.79 Å². The van der Waals surface area contributed by atoms with Crippen molar-refractivity contribution in [3.8, 4) is 0 Å². The fraction of sp³-hybridized carbons (Fsp3) is 0.500. The zero-order valence-electron chi connectivity index (χ0n) is 15.4. The Bertz CT molecular complexity index is 692. The summed E-state index contributed by atoms with van der Waals surface area (Å²) in [7, 11) is 0. The highest BCUT2D eigenvalue weighted by Crippen LogP contribution is 2.36. The van der Waals surface area contributed by atoms with Gasteiger partial charge in [0.25, 0.3) is 5.91 Å². The van der Waals surface area contributed by atoms with E-state index in [2.05, 4.69) is 35.4 Å². The minimum absolute atomic E-state index is 0. The lowest BCUT2D eigenvalue weighted by molar-refractivity contribution is 0.0954. The molecule has 1 saturated heterocycles. The number of hydrogen-bond donors (Lipinski definition) is 1. The van der Waals surface area contributed by atoms with Gasteiger partial charge in [0.1, 0.15) is 0 Å². The van der Waals surface area contributed by atoms with Gasteiger partial charge in [-0.3, -0.25) is 4.79 Å². The smallest absolute Gasteiger partial charge is 0.271 e. The van der Waals surface area contributed by atoms with Crippen molar-refractivity contribution in [2.45, 2.75) is 46.0 Å². The number of halogens is 2. The second-order valence-electron chi connectivity index (χ2n) is 7.75. The quantitative estimate of drug-likeness (QED) is 0.468. The van der Waals surface area contributed by atoms with Crippen molar-refractivity contribution < 1.29 is 4.79 Å². The van der Waals surface area contributed by atoms with Crippen molar-refractivity contribution >= 4 is 47.2 Å². The van der Waals surface area contributed by atoms with Crippen LogP contribution in [-0.2, 0) is 0 Å². The second kappa shape index (κ2) is 9.22. The Balaban J connectivity index is 0.00000243. The van der Waals surface area contributed by atoms with E-state index >= 15 is 0 Å². The first-order chi connectivity index (χ1) is 11.9. The molecule has 0 radical (unpaired) electrons. The maximum absolute atomic E-state index is 12.3. The van der Waals surface area contributed by atoms with Gasteiger partial charge in [0.15, 0.2) is 0 Å². The molecule has 1 aromatic carbocycles. The van der Waals surface area contributed by atoms with Gasteiger partial charge in [-0.25, -0.2) is 5.43 Å².